The summed E-state index contributed by atoms with van der Waals surface area (Å²) >= 11 is 0. The average molecular weight is 238 g/mol. The molecule has 0 saturated heterocycles. The normalized spacial score (nSPS) is 11.9. The van der Waals surface area contributed by atoms with Gasteiger partial charge in [-0.3, -0.25) is 4.79 Å². The third-order valence-electron chi connectivity index (χ3n) is 2.13. The Balaban J connectivity index is 2.85. The SMILES string of the molecule is CCOc1cc(C=O)ccc1OC(C)COC. The summed E-state index contributed by atoms with van der Waals surface area (Å²) in [6, 6.07) is 5.11. The molecule has 0 aromatic heterocycles. The Morgan fingerprint density at radius 2 is 2.12 bits per heavy atom. The van der Waals surface area contributed by atoms with E-state index in [0.29, 0.717) is 30.3 Å². The van der Waals surface area contributed by atoms with Gasteiger partial charge < -0.3 is 14.2 Å². The van der Waals surface area contributed by atoms with Crippen molar-refractivity contribution in [3.63, 3.8) is 0 Å². The van der Waals surface area contributed by atoms with Crippen LogP contribution in [-0.2, 0) is 4.74 Å². The molecule has 1 aromatic rings. The number of carbonyl (C=O) groups excluding carboxylic acids is 1. The monoisotopic (exact) mass is 238 g/mol. The van der Waals surface area contributed by atoms with Crippen molar-refractivity contribution in [2.75, 3.05) is 20.3 Å². The highest BCUT2D eigenvalue weighted by Crippen LogP contribution is 2.28. The lowest BCUT2D eigenvalue weighted by molar-refractivity contribution is 0.0894. The van der Waals surface area contributed by atoms with E-state index in [-0.39, 0.29) is 6.10 Å². The van der Waals surface area contributed by atoms with Crippen molar-refractivity contribution in [3.8, 4) is 11.5 Å². The van der Waals surface area contributed by atoms with Crippen LogP contribution in [0.15, 0.2) is 18.2 Å². The molecule has 1 aromatic carbocycles. The van der Waals surface area contributed by atoms with Crippen LogP contribution in [0.4, 0.5) is 0 Å². The van der Waals surface area contributed by atoms with E-state index in [9.17, 15) is 4.79 Å². The molecule has 0 aliphatic carbocycles. The van der Waals surface area contributed by atoms with Crippen LogP contribution in [0.5, 0.6) is 11.5 Å². The van der Waals surface area contributed by atoms with Gasteiger partial charge in [-0.15, -0.1) is 0 Å². The van der Waals surface area contributed by atoms with Gasteiger partial charge in [0.2, 0.25) is 0 Å². The molecule has 0 spiro atoms. The number of aldehydes is 1. The fourth-order valence-corrected chi connectivity index (χ4v) is 1.45. The van der Waals surface area contributed by atoms with Crippen molar-refractivity contribution in [1.29, 1.82) is 0 Å². The quantitative estimate of drug-likeness (QED) is 0.684. The first-order chi connectivity index (χ1) is 8.21. The van der Waals surface area contributed by atoms with E-state index < -0.39 is 0 Å². The first-order valence-corrected chi connectivity index (χ1v) is 5.58. The molecule has 0 bridgehead atoms. The minimum Gasteiger partial charge on any atom is -0.490 e. The number of carbonyl (C=O) groups is 1. The van der Waals surface area contributed by atoms with Crippen molar-refractivity contribution >= 4 is 6.29 Å². The highest BCUT2D eigenvalue weighted by Gasteiger charge is 2.10. The average Bonchev–Trinajstić information content (AvgIpc) is 2.32. The standard InChI is InChI=1S/C13H18O4/c1-4-16-13-7-11(8-14)5-6-12(13)17-10(2)9-15-3/h5-8,10H,4,9H2,1-3H3. The molecule has 94 valence electrons. The lowest BCUT2D eigenvalue weighted by Crippen LogP contribution is -2.18. The highest BCUT2D eigenvalue weighted by molar-refractivity contribution is 5.76. The van der Waals surface area contributed by atoms with E-state index >= 15 is 0 Å². The molecule has 1 unspecified atom stereocenters. The molecule has 4 nitrogen and oxygen atoms in total. The van der Waals surface area contributed by atoms with Crippen LogP contribution in [0.1, 0.15) is 24.2 Å². The Morgan fingerprint density at radius 1 is 1.35 bits per heavy atom. The van der Waals surface area contributed by atoms with Crippen molar-refractivity contribution < 1.29 is 19.0 Å². The zero-order valence-corrected chi connectivity index (χ0v) is 10.4. The van der Waals surface area contributed by atoms with E-state index in [1.807, 2.05) is 13.8 Å². The smallest absolute Gasteiger partial charge is 0.161 e. The molecular formula is C13H18O4. The van der Waals surface area contributed by atoms with Crippen LogP contribution in [0, 0.1) is 0 Å². The fourth-order valence-electron chi connectivity index (χ4n) is 1.45. The van der Waals surface area contributed by atoms with E-state index in [1.54, 1.807) is 25.3 Å². The number of ether oxygens (including phenoxy) is 3. The molecule has 1 atom stereocenters. The third-order valence-corrected chi connectivity index (χ3v) is 2.13. The number of rotatable bonds is 7. The Kier molecular flexibility index (Phi) is 5.49. The largest absolute Gasteiger partial charge is 0.490 e. The summed E-state index contributed by atoms with van der Waals surface area (Å²) in [6.45, 7) is 4.82. The molecule has 1 rings (SSSR count). The molecular weight excluding hydrogens is 220 g/mol. The highest BCUT2D eigenvalue weighted by atomic mass is 16.5. The topological polar surface area (TPSA) is 44.8 Å². The van der Waals surface area contributed by atoms with Gasteiger partial charge in [0, 0.05) is 12.7 Å². The fraction of sp³-hybridized carbons (Fsp3) is 0.462. The van der Waals surface area contributed by atoms with Crippen LogP contribution in [0.25, 0.3) is 0 Å². The van der Waals surface area contributed by atoms with Crippen molar-refractivity contribution in [1.82, 2.24) is 0 Å². The minimum absolute atomic E-state index is 0.0683. The molecule has 0 saturated carbocycles. The maximum Gasteiger partial charge on any atom is 0.161 e. The number of methoxy groups -OCH3 is 1. The van der Waals surface area contributed by atoms with Gasteiger partial charge in [0.05, 0.1) is 13.2 Å². The molecule has 0 aliphatic rings. The van der Waals surface area contributed by atoms with Gasteiger partial charge >= 0.3 is 0 Å². The van der Waals surface area contributed by atoms with E-state index in [2.05, 4.69) is 0 Å². The number of hydrogen-bond donors (Lipinski definition) is 0. The maximum atomic E-state index is 10.7. The van der Waals surface area contributed by atoms with Crippen LogP contribution >= 0.6 is 0 Å². The van der Waals surface area contributed by atoms with Crippen molar-refractivity contribution in [2.45, 2.75) is 20.0 Å². The summed E-state index contributed by atoms with van der Waals surface area (Å²) in [7, 11) is 1.62. The first-order valence-electron chi connectivity index (χ1n) is 5.58. The lowest BCUT2D eigenvalue weighted by Gasteiger charge is -2.17. The summed E-state index contributed by atoms with van der Waals surface area (Å²) in [6.07, 6.45) is 0.714. The summed E-state index contributed by atoms with van der Waals surface area (Å²) in [4.78, 5) is 10.7. The molecule has 0 N–H and O–H groups in total. The summed E-state index contributed by atoms with van der Waals surface area (Å²) in [5.41, 5.74) is 0.570. The molecule has 0 heterocycles. The zero-order valence-electron chi connectivity index (χ0n) is 10.4. The van der Waals surface area contributed by atoms with Crippen LogP contribution in [-0.4, -0.2) is 32.7 Å². The summed E-state index contributed by atoms with van der Waals surface area (Å²) in [5, 5.41) is 0. The van der Waals surface area contributed by atoms with Gasteiger partial charge in [-0.2, -0.15) is 0 Å². The van der Waals surface area contributed by atoms with Crippen LogP contribution in [0.2, 0.25) is 0 Å². The van der Waals surface area contributed by atoms with E-state index in [0.717, 1.165) is 6.29 Å². The second kappa shape index (κ2) is 6.91. The molecule has 4 heteroatoms. The van der Waals surface area contributed by atoms with Gasteiger partial charge in [0.1, 0.15) is 12.4 Å². The second-order valence-corrected chi connectivity index (χ2v) is 3.64. The van der Waals surface area contributed by atoms with Gasteiger partial charge in [-0.1, -0.05) is 0 Å². The van der Waals surface area contributed by atoms with Crippen molar-refractivity contribution in [3.05, 3.63) is 23.8 Å². The maximum absolute atomic E-state index is 10.7. The molecule has 17 heavy (non-hydrogen) atoms. The van der Waals surface area contributed by atoms with E-state index in [4.69, 9.17) is 14.2 Å². The predicted molar refractivity (Wildman–Crippen MR) is 65.0 cm³/mol. The predicted octanol–water partition coefficient (Wildman–Crippen LogP) is 2.31. The van der Waals surface area contributed by atoms with Crippen molar-refractivity contribution in [2.24, 2.45) is 0 Å². The second-order valence-electron chi connectivity index (χ2n) is 3.64. The number of benzene rings is 1. The van der Waals surface area contributed by atoms with Crippen LogP contribution in [0.3, 0.4) is 0 Å². The Labute approximate surface area is 101 Å². The zero-order chi connectivity index (χ0) is 12.7. The molecule has 0 fully saturated rings. The third kappa shape index (κ3) is 4.07. The Bertz CT molecular complexity index is 362. The lowest BCUT2D eigenvalue weighted by atomic mass is 10.2. The van der Waals surface area contributed by atoms with Crippen LogP contribution < -0.4 is 9.47 Å². The first kappa shape index (κ1) is 13.5. The Hall–Kier alpha value is -1.55. The molecule has 0 amide bonds. The molecule has 0 radical (unpaired) electrons. The minimum atomic E-state index is -0.0683. The van der Waals surface area contributed by atoms with Gasteiger partial charge in [-0.25, -0.2) is 0 Å². The van der Waals surface area contributed by atoms with Gasteiger partial charge in [0.25, 0.3) is 0 Å². The number of hydrogen-bond acceptors (Lipinski definition) is 4. The summed E-state index contributed by atoms with van der Waals surface area (Å²) < 4.78 is 16.1. The molecule has 0 aliphatic heterocycles. The van der Waals surface area contributed by atoms with Gasteiger partial charge in [-0.05, 0) is 32.0 Å². The summed E-state index contributed by atoms with van der Waals surface area (Å²) in [5.74, 6) is 1.21. The van der Waals surface area contributed by atoms with E-state index in [1.165, 1.54) is 0 Å². The van der Waals surface area contributed by atoms with Gasteiger partial charge in [0.15, 0.2) is 11.5 Å². The Morgan fingerprint density at radius 3 is 2.71 bits per heavy atom.